The maximum atomic E-state index is 12.4. The zero-order chi connectivity index (χ0) is 17.7. The zero-order valence-corrected chi connectivity index (χ0v) is 15.4. The van der Waals surface area contributed by atoms with Crippen LogP contribution in [-0.4, -0.2) is 49.2 Å². The van der Waals surface area contributed by atoms with Crippen LogP contribution in [0.5, 0.6) is 0 Å². The third kappa shape index (κ3) is 4.94. The van der Waals surface area contributed by atoms with E-state index in [0.29, 0.717) is 32.0 Å². The number of hydrogen-bond donors (Lipinski definition) is 2. The Morgan fingerprint density at radius 1 is 1.28 bits per heavy atom. The molecule has 5 nitrogen and oxygen atoms in total. The van der Waals surface area contributed by atoms with Crippen LogP contribution in [0.3, 0.4) is 0 Å². The number of rotatable bonds is 5. The average Bonchev–Trinajstić information content (AvgIpc) is 2.63. The van der Waals surface area contributed by atoms with Gasteiger partial charge < -0.3 is 15.8 Å². The number of hydrogen-bond acceptors (Lipinski definition) is 4. The van der Waals surface area contributed by atoms with E-state index in [0.717, 1.165) is 44.0 Å². The molecule has 0 aromatic heterocycles. The Hall–Kier alpha value is -1.14. The lowest BCUT2D eigenvalue weighted by Gasteiger charge is -2.34. The van der Waals surface area contributed by atoms with Crippen LogP contribution in [-0.2, 0) is 16.1 Å². The molecule has 25 heavy (non-hydrogen) atoms. The molecule has 1 amide bonds. The molecule has 3 rings (SSSR count). The fourth-order valence-electron chi connectivity index (χ4n) is 3.59. The van der Waals surface area contributed by atoms with Gasteiger partial charge in [-0.3, -0.25) is 9.69 Å². The van der Waals surface area contributed by atoms with Gasteiger partial charge in [0, 0.05) is 31.3 Å². The number of halogens is 1. The molecule has 3 N–H and O–H groups in total. The Balaban J connectivity index is 1.40. The standard InChI is InChI=1S/C19H28ClN3O2/c20-17-4-2-1-3-16(17)14-23-9-5-15(6-10-23)13-22-18(24)19(21)7-11-25-12-8-19/h1-4,15H,5-14,21H2,(H,22,24). The summed E-state index contributed by atoms with van der Waals surface area (Å²) in [5, 5.41) is 3.91. The molecule has 1 aromatic rings. The predicted octanol–water partition coefficient (Wildman–Crippen LogP) is 2.18. The first-order chi connectivity index (χ1) is 12.1. The van der Waals surface area contributed by atoms with Crippen molar-refractivity contribution in [1.29, 1.82) is 0 Å². The fraction of sp³-hybridized carbons (Fsp3) is 0.632. The summed E-state index contributed by atoms with van der Waals surface area (Å²) in [6.45, 7) is 4.83. The topological polar surface area (TPSA) is 67.6 Å². The molecular weight excluding hydrogens is 338 g/mol. The van der Waals surface area contributed by atoms with Crippen LogP contribution in [0.2, 0.25) is 5.02 Å². The van der Waals surface area contributed by atoms with Crippen LogP contribution in [0, 0.1) is 5.92 Å². The van der Waals surface area contributed by atoms with E-state index in [9.17, 15) is 4.79 Å². The van der Waals surface area contributed by atoms with Gasteiger partial charge in [0.05, 0.1) is 5.54 Å². The Bertz CT molecular complexity index is 582. The molecule has 2 heterocycles. The smallest absolute Gasteiger partial charge is 0.240 e. The van der Waals surface area contributed by atoms with Gasteiger partial charge in [0.15, 0.2) is 0 Å². The van der Waals surface area contributed by atoms with Crippen molar-refractivity contribution in [3.63, 3.8) is 0 Å². The molecule has 1 aromatic carbocycles. The molecule has 2 aliphatic heterocycles. The van der Waals surface area contributed by atoms with Gasteiger partial charge in [-0.15, -0.1) is 0 Å². The Labute approximate surface area is 154 Å². The lowest BCUT2D eigenvalue weighted by Crippen LogP contribution is -2.57. The fourth-order valence-corrected chi connectivity index (χ4v) is 3.79. The number of ether oxygens (including phenoxy) is 1. The normalized spacial score (nSPS) is 21.8. The highest BCUT2D eigenvalue weighted by molar-refractivity contribution is 6.31. The van der Waals surface area contributed by atoms with Crippen molar-refractivity contribution in [3.8, 4) is 0 Å². The predicted molar refractivity (Wildman–Crippen MR) is 99.4 cm³/mol. The van der Waals surface area contributed by atoms with E-state index in [1.165, 1.54) is 5.56 Å². The second-order valence-electron chi connectivity index (χ2n) is 7.29. The van der Waals surface area contributed by atoms with Crippen molar-refractivity contribution >= 4 is 17.5 Å². The number of carbonyl (C=O) groups excluding carboxylic acids is 1. The summed E-state index contributed by atoms with van der Waals surface area (Å²) in [6, 6.07) is 8.02. The van der Waals surface area contributed by atoms with E-state index in [-0.39, 0.29) is 5.91 Å². The number of carbonyl (C=O) groups is 1. The van der Waals surface area contributed by atoms with Crippen LogP contribution in [0.25, 0.3) is 0 Å². The summed E-state index contributed by atoms with van der Waals surface area (Å²) in [4.78, 5) is 14.8. The van der Waals surface area contributed by atoms with Crippen molar-refractivity contribution < 1.29 is 9.53 Å². The molecule has 0 bridgehead atoms. The maximum Gasteiger partial charge on any atom is 0.240 e. The van der Waals surface area contributed by atoms with E-state index in [2.05, 4.69) is 16.3 Å². The van der Waals surface area contributed by atoms with E-state index in [1.54, 1.807) is 0 Å². The molecule has 2 fully saturated rings. The average molecular weight is 366 g/mol. The van der Waals surface area contributed by atoms with Gasteiger partial charge in [0.1, 0.15) is 0 Å². The summed E-state index contributed by atoms with van der Waals surface area (Å²) in [6.07, 6.45) is 3.39. The number of nitrogens with two attached hydrogens (primary N) is 1. The van der Waals surface area contributed by atoms with Gasteiger partial charge in [-0.05, 0) is 56.3 Å². The Morgan fingerprint density at radius 2 is 1.96 bits per heavy atom. The number of nitrogens with zero attached hydrogens (tertiary/aromatic N) is 1. The number of benzene rings is 1. The first kappa shape index (κ1) is 18.6. The molecule has 0 spiro atoms. The molecule has 138 valence electrons. The Kier molecular flexibility index (Phi) is 6.34. The number of piperidine rings is 1. The van der Waals surface area contributed by atoms with Gasteiger partial charge in [0.2, 0.25) is 5.91 Å². The molecular formula is C19H28ClN3O2. The molecule has 2 saturated heterocycles. The third-order valence-corrected chi connectivity index (χ3v) is 5.82. The van der Waals surface area contributed by atoms with Crippen molar-refractivity contribution in [3.05, 3.63) is 34.9 Å². The van der Waals surface area contributed by atoms with E-state index < -0.39 is 5.54 Å². The highest BCUT2D eigenvalue weighted by Gasteiger charge is 2.36. The first-order valence-corrected chi connectivity index (χ1v) is 9.55. The van der Waals surface area contributed by atoms with E-state index in [4.69, 9.17) is 22.1 Å². The quantitative estimate of drug-likeness (QED) is 0.839. The summed E-state index contributed by atoms with van der Waals surface area (Å²) >= 11 is 6.25. The molecule has 0 aliphatic carbocycles. The monoisotopic (exact) mass is 365 g/mol. The van der Waals surface area contributed by atoms with Gasteiger partial charge in [-0.1, -0.05) is 29.8 Å². The minimum absolute atomic E-state index is 0.0192. The summed E-state index contributed by atoms with van der Waals surface area (Å²) in [5.74, 6) is 0.504. The van der Waals surface area contributed by atoms with Gasteiger partial charge in [-0.2, -0.15) is 0 Å². The lowest BCUT2D eigenvalue weighted by molar-refractivity contribution is -0.130. The Morgan fingerprint density at radius 3 is 2.64 bits per heavy atom. The molecule has 0 radical (unpaired) electrons. The van der Waals surface area contributed by atoms with Crippen molar-refractivity contribution in [2.45, 2.75) is 37.8 Å². The van der Waals surface area contributed by atoms with Gasteiger partial charge in [0.25, 0.3) is 0 Å². The zero-order valence-electron chi connectivity index (χ0n) is 14.7. The molecule has 0 saturated carbocycles. The second-order valence-corrected chi connectivity index (χ2v) is 7.70. The minimum Gasteiger partial charge on any atom is -0.381 e. The van der Waals surface area contributed by atoms with E-state index in [1.807, 2.05) is 18.2 Å². The first-order valence-electron chi connectivity index (χ1n) is 9.17. The summed E-state index contributed by atoms with van der Waals surface area (Å²) in [5.41, 5.74) is 6.66. The van der Waals surface area contributed by atoms with Gasteiger partial charge in [-0.25, -0.2) is 0 Å². The van der Waals surface area contributed by atoms with Crippen LogP contribution in [0.15, 0.2) is 24.3 Å². The van der Waals surface area contributed by atoms with Crippen molar-refractivity contribution in [2.75, 3.05) is 32.8 Å². The van der Waals surface area contributed by atoms with Crippen LogP contribution in [0.1, 0.15) is 31.2 Å². The number of nitrogens with one attached hydrogen (secondary N) is 1. The molecule has 6 heteroatoms. The van der Waals surface area contributed by atoms with E-state index >= 15 is 0 Å². The summed E-state index contributed by atoms with van der Waals surface area (Å²) in [7, 11) is 0. The number of amides is 1. The highest BCUT2D eigenvalue weighted by atomic mass is 35.5. The molecule has 2 aliphatic rings. The lowest BCUT2D eigenvalue weighted by atomic mass is 9.89. The van der Waals surface area contributed by atoms with Gasteiger partial charge >= 0.3 is 0 Å². The van der Waals surface area contributed by atoms with Crippen LogP contribution in [0.4, 0.5) is 0 Å². The summed E-state index contributed by atoms with van der Waals surface area (Å²) < 4.78 is 5.30. The minimum atomic E-state index is -0.747. The molecule has 0 unspecified atom stereocenters. The SMILES string of the molecule is NC1(C(=O)NCC2CCN(Cc3ccccc3Cl)CC2)CCOCC1. The van der Waals surface area contributed by atoms with Crippen LogP contribution < -0.4 is 11.1 Å². The third-order valence-electron chi connectivity index (χ3n) is 5.45. The second kappa shape index (κ2) is 8.49. The largest absolute Gasteiger partial charge is 0.381 e. The van der Waals surface area contributed by atoms with Crippen LogP contribution >= 0.6 is 11.6 Å². The maximum absolute atomic E-state index is 12.4. The number of likely N-dealkylation sites (tertiary alicyclic amines) is 1. The van der Waals surface area contributed by atoms with Crippen molar-refractivity contribution in [1.82, 2.24) is 10.2 Å². The van der Waals surface area contributed by atoms with Crippen molar-refractivity contribution in [2.24, 2.45) is 11.7 Å². The highest BCUT2D eigenvalue weighted by Crippen LogP contribution is 2.23. The molecule has 0 atom stereocenters.